The molecule has 130 valence electrons. The van der Waals surface area contributed by atoms with Crippen molar-refractivity contribution < 1.29 is 22.8 Å². The number of carbonyl (C=O) groups is 2. The Kier molecular flexibility index (Phi) is 4.25. The fourth-order valence-corrected chi connectivity index (χ4v) is 2.50. The molecule has 2 aliphatic rings. The average molecular weight is 342 g/mol. The van der Waals surface area contributed by atoms with Crippen molar-refractivity contribution in [3.63, 3.8) is 0 Å². The Balaban J connectivity index is 1.62. The molecule has 0 spiro atoms. The van der Waals surface area contributed by atoms with Gasteiger partial charge < -0.3 is 10.2 Å². The number of benzene rings is 1. The van der Waals surface area contributed by atoms with Gasteiger partial charge in [0.05, 0.1) is 12.2 Å². The van der Waals surface area contributed by atoms with Gasteiger partial charge in [-0.1, -0.05) is 0 Å². The van der Waals surface area contributed by atoms with Crippen LogP contribution in [0.4, 0.5) is 23.7 Å². The van der Waals surface area contributed by atoms with Gasteiger partial charge in [-0.05, 0) is 37.1 Å². The van der Waals surface area contributed by atoms with Crippen molar-refractivity contribution in [2.45, 2.75) is 37.3 Å². The predicted molar refractivity (Wildman–Crippen MR) is 79.8 cm³/mol. The van der Waals surface area contributed by atoms with Crippen molar-refractivity contribution in [1.29, 1.82) is 0 Å². The van der Waals surface area contributed by atoms with Crippen molar-refractivity contribution in [2.75, 3.05) is 12.0 Å². The van der Waals surface area contributed by atoms with E-state index in [0.29, 0.717) is 5.69 Å². The van der Waals surface area contributed by atoms with Crippen LogP contribution in [0.5, 0.6) is 0 Å². The molecule has 3 rings (SSSR count). The van der Waals surface area contributed by atoms with Gasteiger partial charge in [0.1, 0.15) is 11.9 Å². The number of anilines is 1. The van der Waals surface area contributed by atoms with Crippen LogP contribution in [0.1, 0.15) is 19.3 Å². The molecule has 1 aromatic rings. The number of carbonyl (C=O) groups excluding carboxylic acids is 2. The zero-order chi connectivity index (χ0) is 17.3. The number of hydrazine groups is 1. The molecule has 1 saturated heterocycles. The molecule has 1 heterocycles. The Hall–Kier alpha value is -2.45. The van der Waals surface area contributed by atoms with E-state index < -0.39 is 42.7 Å². The third-order valence-corrected chi connectivity index (χ3v) is 3.91. The van der Waals surface area contributed by atoms with E-state index in [1.807, 2.05) is 0 Å². The highest BCUT2D eigenvalue weighted by Crippen LogP contribution is 2.32. The lowest BCUT2D eigenvalue weighted by Gasteiger charge is -2.23. The van der Waals surface area contributed by atoms with Gasteiger partial charge in [-0.15, -0.1) is 0 Å². The van der Waals surface area contributed by atoms with Crippen molar-refractivity contribution in [3.8, 4) is 0 Å². The molecule has 0 bridgehead atoms. The fourth-order valence-electron chi connectivity index (χ4n) is 2.50. The summed E-state index contributed by atoms with van der Waals surface area (Å²) in [7, 11) is 0. The number of hydrogen-bond donors (Lipinski definition) is 3. The van der Waals surface area contributed by atoms with E-state index in [9.17, 15) is 22.8 Å². The largest absolute Gasteiger partial charge is 0.335 e. The van der Waals surface area contributed by atoms with Gasteiger partial charge in [0.25, 0.3) is 11.8 Å². The Morgan fingerprint density at radius 3 is 2.46 bits per heavy atom. The lowest BCUT2D eigenvalue weighted by molar-refractivity contribution is -0.124. The number of likely N-dealkylation sites (tertiary alicyclic amines) is 1. The molecule has 9 heteroatoms. The van der Waals surface area contributed by atoms with E-state index >= 15 is 0 Å². The van der Waals surface area contributed by atoms with Crippen molar-refractivity contribution in [3.05, 3.63) is 30.1 Å². The zero-order valence-corrected chi connectivity index (χ0v) is 12.7. The van der Waals surface area contributed by atoms with Crippen molar-refractivity contribution in [2.24, 2.45) is 0 Å². The Morgan fingerprint density at radius 1 is 1.17 bits per heavy atom. The third-order valence-electron chi connectivity index (χ3n) is 3.91. The van der Waals surface area contributed by atoms with Gasteiger partial charge in [0.15, 0.2) is 0 Å². The summed E-state index contributed by atoms with van der Waals surface area (Å²) in [6.07, 6.45) is 0.903. The van der Waals surface area contributed by atoms with Crippen molar-refractivity contribution in [1.82, 2.24) is 15.6 Å². The van der Waals surface area contributed by atoms with Gasteiger partial charge in [-0.2, -0.15) is 0 Å². The second kappa shape index (κ2) is 6.21. The minimum absolute atomic E-state index is 0.00720. The fraction of sp³-hybridized carbons (Fsp3) is 0.467. The molecular formula is C15H17F3N4O2. The highest BCUT2D eigenvalue weighted by Gasteiger charge is 2.50. The maximum Gasteiger partial charge on any atom is 0.318 e. The first-order chi connectivity index (χ1) is 11.3. The van der Waals surface area contributed by atoms with Crippen LogP contribution in [0.15, 0.2) is 24.3 Å². The molecular weight excluding hydrogens is 325 g/mol. The number of nitrogens with one attached hydrogen (secondary N) is 3. The zero-order valence-electron chi connectivity index (χ0n) is 12.7. The summed E-state index contributed by atoms with van der Waals surface area (Å²) in [6, 6.07) is 3.23. The topological polar surface area (TPSA) is 73.5 Å². The number of rotatable bonds is 4. The Bertz CT molecular complexity index is 634. The molecule has 1 aromatic carbocycles. The SMILES string of the molecule is O=C(NNc1ccc(F)cc1)C1CC(F)(F)CN1C(=O)NC1CC1. The molecule has 1 unspecified atom stereocenters. The van der Waals surface area contributed by atoms with E-state index in [4.69, 9.17) is 0 Å². The average Bonchev–Trinajstić information content (AvgIpc) is 3.27. The number of alkyl halides is 2. The van der Waals surface area contributed by atoms with Crippen LogP contribution in [-0.4, -0.2) is 41.4 Å². The minimum atomic E-state index is -3.11. The monoisotopic (exact) mass is 342 g/mol. The molecule has 1 atom stereocenters. The van der Waals surface area contributed by atoms with Crippen LogP contribution in [0.2, 0.25) is 0 Å². The smallest absolute Gasteiger partial charge is 0.318 e. The van der Waals surface area contributed by atoms with Crippen LogP contribution in [0.25, 0.3) is 0 Å². The Morgan fingerprint density at radius 2 is 1.83 bits per heavy atom. The number of hydrogen-bond acceptors (Lipinski definition) is 3. The molecule has 1 aliphatic heterocycles. The van der Waals surface area contributed by atoms with Gasteiger partial charge in [-0.3, -0.25) is 15.6 Å². The normalized spacial score (nSPS) is 22.1. The van der Waals surface area contributed by atoms with Gasteiger partial charge in [0, 0.05) is 12.5 Å². The highest BCUT2D eigenvalue weighted by atomic mass is 19.3. The first-order valence-electron chi connectivity index (χ1n) is 7.60. The van der Waals surface area contributed by atoms with Crippen molar-refractivity contribution >= 4 is 17.6 Å². The first-order valence-corrected chi connectivity index (χ1v) is 7.60. The van der Waals surface area contributed by atoms with Gasteiger partial charge in [0.2, 0.25) is 0 Å². The van der Waals surface area contributed by atoms with E-state index in [1.165, 1.54) is 24.3 Å². The maximum absolute atomic E-state index is 13.7. The number of nitrogens with zero attached hydrogens (tertiary/aromatic N) is 1. The van der Waals surface area contributed by atoms with E-state index in [2.05, 4.69) is 16.2 Å². The molecule has 1 saturated carbocycles. The quantitative estimate of drug-likeness (QED) is 0.731. The number of amides is 3. The standard InChI is InChI=1S/C15H17F3N4O2/c16-9-1-3-11(4-2-9)20-21-13(23)12-7-15(17,18)8-22(12)14(24)19-10-5-6-10/h1-4,10,12,20H,5-8H2,(H,19,24)(H,21,23). The summed E-state index contributed by atoms with van der Waals surface area (Å²) >= 11 is 0. The molecule has 2 fully saturated rings. The molecule has 3 N–H and O–H groups in total. The summed E-state index contributed by atoms with van der Waals surface area (Å²) in [5.74, 6) is -4.30. The summed E-state index contributed by atoms with van der Waals surface area (Å²) in [6.45, 7) is -0.791. The van der Waals surface area contributed by atoms with Crippen LogP contribution in [0.3, 0.4) is 0 Å². The minimum Gasteiger partial charge on any atom is -0.335 e. The summed E-state index contributed by atoms with van der Waals surface area (Å²) in [5.41, 5.74) is 5.20. The third kappa shape index (κ3) is 3.90. The van der Waals surface area contributed by atoms with E-state index in [0.717, 1.165) is 17.7 Å². The lowest BCUT2D eigenvalue weighted by Crippen LogP contribution is -2.51. The van der Waals surface area contributed by atoms with Crippen LogP contribution in [0, 0.1) is 5.82 Å². The summed E-state index contributed by atoms with van der Waals surface area (Å²) < 4.78 is 40.1. The molecule has 3 amide bonds. The number of urea groups is 1. The van der Waals surface area contributed by atoms with Gasteiger partial charge in [-0.25, -0.2) is 18.0 Å². The summed E-state index contributed by atoms with van der Waals surface area (Å²) in [4.78, 5) is 25.1. The second-order valence-corrected chi connectivity index (χ2v) is 6.05. The molecule has 0 aromatic heterocycles. The lowest BCUT2D eigenvalue weighted by atomic mass is 10.2. The predicted octanol–water partition coefficient (Wildman–Crippen LogP) is 1.85. The first kappa shape index (κ1) is 16.4. The molecule has 0 radical (unpaired) electrons. The summed E-state index contributed by atoms with van der Waals surface area (Å²) in [5, 5.41) is 2.61. The van der Waals surface area contributed by atoms with Gasteiger partial charge >= 0.3 is 6.03 Å². The number of halogens is 3. The highest BCUT2D eigenvalue weighted by molar-refractivity contribution is 5.88. The molecule has 1 aliphatic carbocycles. The van der Waals surface area contributed by atoms with Crippen LogP contribution >= 0.6 is 0 Å². The van der Waals surface area contributed by atoms with E-state index in [-0.39, 0.29) is 6.04 Å². The molecule has 24 heavy (non-hydrogen) atoms. The van der Waals surface area contributed by atoms with Crippen LogP contribution < -0.4 is 16.2 Å². The molecule has 6 nitrogen and oxygen atoms in total. The van der Waals surface area contributed by atoms with E-state index in [1.54, 1.807) is 0 Å². The van der Waals surface area contributed by atoms with Crippen LogP contribution in [-0.2, 0) is 4.79 Å². The maximum atomic E-state index is 13.7. The second-order valence-electron chi connectivity index (χ2n) is 6.05. The Labute approximate surface area is 136 Å².